The predicted molar refractivity (Wildman–Crippen MR) is 76.2 cm³/mol. The van der Waals surface area contributed by atoms with E-state index in [2.05, 4.69) is 30.1 Å². The summed E-state index contributed by atoms with van der Waals surface area (Å²) in [6, 6.07) is 8.29. The second-order valence-electron chi connectivity index (χ2n) is 4.68. The van der Waals surface area contributed by atoms with E-state index in [9.17, 15) is 4.79 Å². The largest absolute Gasteiger partial charge is 0.466 e. The molecule has 1 heterocycles. The molecule has 19 heavy (non-hydrogen) atoms. The SMILES string of the molecule is CCOC(=O)CCc1cc2cccc(C)c2c(C)n1. The van der Waals surface area contributed by atoms with Gasteiger partial charge < -0.3 is 4.74 Å². The van der Waals surface area contributed by atoms with Crippen LogP contribution < -0.4 is 0 Å². The van der Waals surface area contributed by atoms with Crippen LogP contribution in [0.5, 0.6) is 0 Å². The van der Waals surface area contributed by atoms with Gasteiger partial charge in [-0.15, -0.1) is 0 Å². The average molecular weight is 257 g/mol. The van der Waals surface area contributed by atoms with Crippen molar-refractivity contribution in [2.75, 3.05) is 6.61 Å². The Kier molecular flexibility index (Phi) is 4.15. The van der Waals surface area contributed by atoms with Gasteiger partial charge in [0.25, 0.3) is 0 Å². The summed E-state index contributed by atoms with van der Waals surface area (Å²) < 4.78 is 4.93. The maximum absolute atomic E-state index is 11.4. The molecular weight excluding hydrogens is 238 g/mol. The van der Waals surface area contributed by atoms with Gasteiger partial charge in [-0.2, -0.15) is 0 Å². The molecule has 0 saturated heterocycles. The summed E-state index contributed by atoms with van der Waals surface area (Å²) in [5.74, 6) is -0.161. The lowest BCUT2D eigenvalue weighted by Gasteiger charge is -2.08. The number of hydrogen-bond donors (Lipinski definition) is 0. The summed E-state index contributed by atoms with van der Waals surface area (Å²) >= 11 is 0. The molecule has 3 nitrogen and oxygen atoms in total. The van der Waals surface area contributed by atoms with Gasteiger partial charge in [-0.3, -0.25) is 9.78 Å². The van der Waals surface area contributed by atoms with Gasteiger partial charge in [-0.05, 0) is 37.8 Å². The van der Waals surface area contributed by atoms with Crippen molar-refractivity contribution in [1.29, 1.82) is 0 Å². The van der Waals surface area contributed by atoms with Crippen LogP contribution in [0.25, 0.3) is 10.8 Å². The summed E-state index contributed by atoms with van der Waals surface area (Å²) in [6.45, 7) is 6.36. The molecule has 0 bridgehead atoms. The molecule has 2 rings (SSSR count). The van der Waals surface area contributed by atoms with Crippen LogP contribution in [0.1, 0.15) is 30.3 Å². The number of carbonyl (C=O) groups is 1. The van der Waals surface area contributed by atoms with E-state index in [4.69, 9.17) is 4.74 Å². The number of esters is 1. The Labute approximate surface area is 113 Å². The lowest BCUT2D eigenvalue weighted by Crippen LogP contribution is -2.06. The zero-order chi connectivity index (χ0) is 13.8. The highest BCUT2D eigenvalue weighted by Crippen LogP contribution is 2.22. The molecular formula is C16H19NO2. The fourth-order valence-electron chi connectivity index (χ4n) is 2.38. The first-order valence-electron chi connectivity index (χ1n) is 6.63. The van der Waals surface area contributed by atoms with E-state index in [1.165, 1.54) is 16.3 Å². The van der Waals surface area contributed by atoms with Gasteiger partial charge in [-0.25, -0.2) is 0 Å². The van der Waals surface area contributed by atoms with Gasteiger partial charge in [0, 0.05) is 23.2 Å². The van der Waals surface area contributed by atoms with Crippen molar-refractivity contribution >= 4 is 16.7 Å². The molecule has 2 aromatic rings. The smallest absolute Gasteiger partial charge is 0.306 e. The van der Waals surface area contributed by atoms with Crippen LogP contribution in [0.3, 0.4) is 0 Å². The van der Waals surface area contributed by atoms with Gasteiger partial charge in [0.05, 0.1) is 13.0 Å². The first-order valence-corrected chi connectivity index (χ1v) is 6.63. The van der Waals surface area contributed by atoms with E-state index in [1.807, 2.05) is 19.9 Å². The Bertz CT molecular complexity index is 605. The van der Waals surface area contributed by atoms with Crippen LogP contribution >= 0.6 is 0 Å². The van der Waals surface area contributed by atoms with E-state index >= 15 is 0 Å². The summed E-state index contributed by atoms with van der Waals surface area (Å²) in [4.78, 5) is 16.0. The number of ether oxygens (including phenoxy) is 1. The van der Waals surface area contributed by atoms with Crippen molar-refractivity contribution in [3.63, 3.8) is 0 Å². The highest BCUT2D eigenvalue weighted by atomic mass is 16.5. The summed E-state index contributed by atoms with van der Waals surface area (Å²) in [5.41, 5.74) is 3.21. The fourth-order valence-corrected chi connectivity index (χ4v) is 2.38. The van der Waals surface area contributed by atoms with Crippen LogP contribution in [0.2, 0.25) is 0 Å². The van der Waals surface area contributed by atoms with Crippen molar-refractivity contribution in [1.82, 2.24) is 4.98 Å². The molecule has 0 saturated carbocycles. The third kappa shape index (κ3) is 3.11. The fraction of sp³-hybridized carbons (Fsp3) is 0.375. The lowest BCUT2D eigenvalue weighted by molar-refractivity contribution is -0.143. The van der Waals surface area contributed by atoms with Crippen molar-refractivity contribution in [2.45, 2.75) is 33.6 Å². The maximum atomic E-state index is 11.4. The van der Waals surface area contributed by atoms with Crippen LogP contribution in [-0.2, 0) is 16.0 Å². The lowest BCUT2D eigenvalue weighted by atomic mass is 10.0. The molecule has 0 radical (unpaired) electrons. The molecule has 0 N–H and O–H groups in total. The highest BCUT2D eigenvalue weighted by Gasteiger charge is 2.07. The highest BCUT2D eigenvalue weighted by molar-refractivity contribution is 5.87. The molecule has 0 aliphatic carbocycles. The summed E-state index contributed by atoms with van der Waals surface area (Å²) in [7, 11) is 0. The number of rotatable bonds is 4. The first kappa shape index (κ1) is 13.5. The number of hydrogen-bond acceptors (Lipinski definition) is 3. The number of benzene rings is 1. The molecule has 3 heteroatoms. The van der Waals surface area contributed by atoms with Crippen molar-refractivity contribution in [2.24, 2.45) is 0 Å². The zero-order valence-corrected chi connectivity index (χ0v) is 11.7. The molecule has 0 amide bonds. The molecule has 0 unspecified atom stereocenters. The van der Waals surface area contributed by atoms with Crippen LogP contribution in [0.15, 0.2) is 24.3 Å². The molecule has 1 aromatic carbocycles. The monoisotopic (exact) mass is 257 g/mol. The third-order valence-electron chi connectivity index (χ3n) is 3.19. The number of carbonyl (C=O) groups excluding carboxylic acids is 1. The normalized spacial score (nSPS) is 10.7. The minimum Gasteiger partial charge on any atom is -0.466 e. The topological polar surface area (TPSA) is 39.2 Å². The molecule has 0 fully saturated rings. The number of aryl methyl sites for hydroxylation is 3. The van der Waals surface area contributed by atoms with E-state index in [0.29, 0.717) is 19.4 Å². The third-order valence-corrected chi connectivity index (χ3v) is 3.19. The van der Waals surface area contributed by atoms with Gasteiger partial charge in [-0.1, -0.05) is 18.2 Å². The maximum Gasteiger partial charge on any atom is 0.306 e. The van der Waals surface area contributed by atoms with Crippen molar-refractivity contribution < 1.29 is 9.53 Å². The first-order chi connectivity index (χ1) is 9.11. The van der Waals surface area contributed by atoms with E-state index in [-0.39, 0.29) is 5.97 Å². The zero-order valence-electron chi connectivity index (χ0n) is 11.7. The molecule has 100 valence electrons. The Morgan fingerprint density at radius 1 is 1.32 bits per heavy atom. The second-order valence-corrected chi connectivity index (χ2v) is 4.68. The van der Waals surface area contributed by atoms with Crippen LogP contribution in [-0.4, -0.2) is 17.6 Å². The van der Waals surface area contributed by atoms with Gasteiger partial charge in [0.1, 0.15) is 0 Å². The Morgan fingerprint density at radius 2 is 2.11 bits per heavy atom. The summed E-state index contributed by atoms with van der Waals surface area (Å²) in [5, 5.41) is 2.40. The van der Waals surface area contributed by atoms with Gasteiger partial charge in [0.2, 0.25) is 0 Å². The second kappa shape index (κ2) is 5.83. The van der Waals surface area contributed by atoms with Gasteiger partial charge in [0.15, 0.2) is 0 Å². The Hall–Kier alpha value is -1.90. The summed E-state index contributed by atoms with van der Waals surface area (Å²) in [6.07, 6.45) is 1.02. The Balaban J connectivity index is 2.24. The minimum atomic E-state index is -0.161. The van der Waals surface area contributed by atoms with Crippen molar-refractivity contribution in [3.05, 3.63) is 41.2 Å². The molecule has 0 atom stereocenters. The standard InChI is InChI=1S/C16H19NO2/c1-4-19-15(18)9-8-14-10-13-7-5-6-11(2)16(13)12(3)17-14/h5-7,10H,4,8-9H2,1-3H3. The van der Waals surface area contributed by atoms with Crippen LogP contribution in [0, 0.1) is 13.8 Å². The number of fused-ring (bicyclic) bond motifs is 1. The predicted octanol–water partition coefficient (Wildman–Crippen LogP) is 3.35. The number of pyridine rings is 1. The van der Waals surface area contributed by atoms with E-state index in [0.717, 1.165) is 11.4 Å². The molecule has 0 spiro atoms. The molecule has 0 aliphatic heterocycles. The van der Waals surface area contributed by atoms with Gasteiger partial charge >= 0.3 is 5.97 Å². The average Bonchev–Trinajstić information content (AvgIpc) is 2.36. The van der Waals surface area contributed by atoms with E-state index < -0.39 is 0 Å². The van der Waals surface area contributed by atoms with E-state index in [1.54, 1.807) is 0 Å². The van der Waals surface area contributed by atoms with Crippen LogP contribution in [0.4, 0.5) is 0 Å². The quantitative estimate of drug-likeness (QED) is 0.788. The minimum absolute atomic E-state index is 0.161. The number of nitrogens with zero attached hydrogens (tertiary/aromatic N) is 1. The Morgan fingerprint density at radius 3 is 2.84 bits per heavy atom. The van der Waals surface area contributed by atoms with Crippen molar-refractivity contribution in [3.8, 4) is 0 Å². The number of aromatic nitrogens is 1. The molecule has 1 aromatic heterocycles. The molecule has 0 aliphatic rings.